The quantitative estimate of drug-likeness (QED) is 0.633. The number of aromatic nitrogens is 4. The lowest BCUT2D eigenvalue weighted by molar-refractivity contribution is -0.134. The standard InChI is InChI=1S/C9H16N6O/c1-8-5-14(4-3-13(8)2)9(16)6-15-11-7-10-12-15/h7-8H,3-6H2,1-2H3. The molecule has 88 valence electrons. The molecule has 1 aliphatic heterocycles. The molecule has 1 atom stereocenters. The molecule has 0 saturated carbocycles. The van der Waals surface area contributed by atoms with E-state index in [1.54, 1.807) is 0 Å². The van der Waals surface area contributed by atoms with Crippen LogP contribution in [0.4, 0.5) is 0 Å². The molecule has 0 bridgehead atoms. The molecular formula is C9H16N6O. The van der Waals surface area contributed by atoms with Gasteiger partial charge in [0.25, 0.3) is 0 Å². The fourth-order valence-electron chi connectivity index (χ4n) is 1.76. The largest absolute Gasteiger partial charge is 0.338 e. The highest BCUT2D eigenvalue weighted by molar-refractivity contribution is 5.75. The van der Waals surface area contributed by atoms with E-state index in [2.05, 4.69) is 34.3 Å². The molecule has 1 fully saturated rings. The summed E-state index contributed by atoms with van der Waals surface area (Å²) in [7, 11) is 2.07. The van der Waals surface area contributed by atoms with Crippen LogP contribution in [0.25, 0.3) is 0 Å². The van der Waals surface area contributed by atoms with E-state index >= 15 is 0 Å². The van der Waals surface area contributed by atoms with Gasteiger partial charge in [-0.3, -0.25) is 4.79 Å². The van der Waals surface area contributed by atoms with E-state index in [4.69, 9.17) is 0 Å². The van der Waals surface area contributed by atoms with E-state index in [1.165, 1.54) is 11.1 Å². The molecule has 1 saturated heterocycles. The zero-order chi connectivity index (χ0) is 11.5. The first-order chi connectivity index (χ1) is 7.66. The Balaban J connectivity index is 1.90. The Bertz CT molecular complexity index is 351. The van der Waals surface area contributed by atoms with Gasteiger partial charge >= 0.3 is 0 Å². The van der Waals surface area contributed by atoms with Crippen molar-refractivity contribution in [2.45, 2.75) is 19.5 Å². The van der Waals surface area contributed by atoms with E-state index in [0.29, 0.717) is 6.04 Å². The third-order valence-electron chi connectivity index (χ3n) is 2.98. The summed E-state index contributed by atoms with van der Waals surface area (Å²) < 4.78 is 0. The molecular weight excluding hydrogens is 208 g/mol. The third kappa shape index (κ3) is 2.35. The van der Waals surface area contributed by atoms with Gasteiger partial charge in [-0.05, 0) is 19.2 Å². The predicted molar refractivity (Wildman–Crippen MR) is 56.5 cm³/mol. The number of carbonyl (C=O) groups is 1. The van der Waals surface area contributed by atoms with Crippen LogP contribution in [-0.2, 0) is 11.3 Å². The predicted octanol–water partition coefficient (Wildman–Crippen LogP) is -1.16. The minimum Gasteiger partial charge on any atom is -0.338 e. The first kappa shape index (κ1) is 11.0. The van der Waals surface area contributed by atoms with Crippen molar-refractivity contribution in [1.29, 1.82) is 0 Å². The molecule has 16 heavy (non-hydrogen) atoms. The number of carbonyl (C=O) groups excluding carboxylic acids is 1. The van der Waals surface area contributed by atoms with Crippen LogP contribution in [0.3, 0.4) is 0 Å². The highest BCUT2D eigenvalue weighted by Gasteiger charge is 2.24. The van der Waals surface area contributed by atoms with Gasteiger partial charge in [0.15, 0.2) is 6.33 Å². The average Bonchev–Trinajstić information content (AvgIpc) is 2.74. The second-order valence-corrected chi connectivity index (χ2v) is 4.14. The Labute approximate surface area is 94.0 Å². The summed E-state index contributed by atoms with van der Waals surface area (Å²) in [5, 5.41) is 11.1. The lowest BCUT2D eigenvalue weighted by Crippen LogP contribution is -2.52. The topological polar surface area (TPSA) is 67.2 Å². The molecule has 2 rings (SSSR count). The Hall–Kier alpha value is -1.50. The van der Waals surface area contributed by atoms with Crippen molar-refractivity contribution in [3.05, 3.63) is 6.33 Å². The summed E-state index contributed by atoms with van der Waals surface area (Å²) in [6, 6.07) is 0.404. The number of hydrogen-bond donors (Lipinski definition) is 0. The van der Waals surface area contributed by atoms with Gasteiger partial charge in [0.05, 0.1) is 0 Å². The SMILES string of the molecule is CC1CN(C(=O)Cn2ncnn2)CCN1C. The second kappa shape index (κ2) is 4.56. The van der Waals surface area contributed by atoms with E-state index in [-0.39, 0.29) is 12.5 Å². The van der Waals surface area contributed by atoms with Crippen LogP contribution < -0.4 is 0 Å². The van der Waals surface area contributed by atoms with Crippen molar-refractivity contribution >= 4 is 5.91 Å². The molecule has 0 aromatic carbocycles. The summed E-state index contributed by atoms with van der Waals surface area (Å²) in [4.78, 5) is 17.3. The normalized spacial score (nSPS) is 22.4. The van der Waals surface area contributed by atoms with E-state index in [9.17, 15) is 4.79 Å². The van der Waals surface area contributed by atoms with Crippen LogP contribution in [0.2, 0.25) is 0 Å². The Morgan fingerprint density at radius 1 is 1.50 bits per heavy atom. The number of rotatable bonds is 2. The highest BCUT2D eigenvalue weighted by atomic mass is 16.2. The van der Waals surface area contributed by atoms with Crippen LogP contribution in [0, 0.1) is 0 Å². The molecule has 1 aromatic heterocycles. The van der Waals surface area contributed by atoms with Crippen LogP contribution in [0.15, 0.2) is 6.33 Å². The number of hydrogen-bond acceptors (Lipinski definition) is 5. The molecule has 2 heterocycles. The van der Waals surface area contributed by atoms with Crippen LogP contribution in [0.5, 0.6) is 0 Å². The van der Waals surface area contributed by atoms with E-state index in [1.807, 2.05) is 4.90 Å². The molecule has 1 aliphatic rings. The minimum atomic E-state index is 0.0537. The summed E-state index contributed by atoms with van der Waals surface area (Å²) in [6.07, 6.45) is 1.33. The lowest BCUT2D eigenvalue weighted by atomic mass is 10.2. The van der Waals surface area contributed by atoms with Crippen LogP contribution >= 0.6 is 0 Å². The maximum Gasteiger partial charge on any atom is 0.246 e. The van der Waals surface area contributed by atoms with Crippen LogP contribution in [-0.4, -0.2) is 68.6 Å². The van der Waals surface area contributed by atoms with E-state index in [0.717, 1.165) is 19.6 Å². The molecule has 0 aliphatic carbocycles. The lowest BCUT2D eigenvalue weighted by Gasteiger charge is -2.37. The smallest absolute Gasteiger partial charge is 0.246 e. The molecule has 1 aromatic rings. The van der Waals surface area contributed by atoms with E-state index < -0.39 is 0 Å². The molecule has 0 N–H and O–H groups in total. The van der Waals surface area contributed by atoms with Gasteiger partial charge < -0.3 is 9.80 Å². The first-order valence-corrected chi connectivity index (χ1v) is 5.35. The number of likely N-dealkylation sites (N-methyl/N-ethyl adjacent to an activating group) is 1. The zero-order valence-electron chi connectivity index (χ0n) is 9.57. The summed E-state index contributed by atoms with van der Waals surface area (Å²) >= 11 is 0. The summed E-state index contributed by atoms with van der Waals surface area (Å²) in [5.41, 5.74) is 0. The molecule has 1 amide bonds. The molecule has 1 unspecified atom stereocenters. The molecule has 7 nitrogen and oxygen atoms in total. The number of nitrogens with zero attached hydrogens (tertiary/aromatic N) is 6. The van der Waals surface area contributed by atoms with Gasteiger partial charge in [-0.25, -0.2) is 0 Å². The maximum absolute atomic E-state index is 11.9. The number of piperazine rings is 1. The second-order valence-electron chi connectivity index (χ2n) is 4.14. The minimum absolute atomic E-state index is 0.0537. The fraction of sp³-hybridized carbons (Fsp3) is 0.778. The van der Waals surface area contributed by atoms with Crippen molar-refractivity contribution in [1.82, 2.24) is 30.0 Å². The molecule has 7 heteroatoms. The average molecular weight is 224 g/mol. The van der Waals surface area contributed by atoms with Gasteiger partial charge in [-0.1, -0.05) is 0 Å². The maximum atomic E-state index is 11.9. The fourth-order valence-corrected chi connectivity index (χ4v) is 1.76. The summed E-state index contributed by atoms with van der Waals surface area (Å²) in [5.74, 6) is 0.0537. The van der Waals surface area contributed by atoms with Gasteiger partial charge in [0, 0.05) is 25.7 Å². The molecule has 0 radical (unpaired) electrons. The van der Waals surface area contributed by atoms with Crippen LogP contribution in [0.1, 0.15) is 6.92 Å². The van der Waals surface area contributed by atoms with Gasteiger partial charge in [0.1, 0.15) is 6.54 Å². The zero-order valence-corrected chi connectivity index (χ0v) is 9.57. The Morgan fingerprint density at radius 3 is 2.94 bits per heavy atom. The Kier molecular flexibility index (Phi) is 3.14. The third-order valence-corrected chi connectivity index (χ3v) is 2.98. The first-order valence-electron chi connectivity index (χ1n) is 5.35. The highest BCUT2D eigenvalue weighted by Crippen LogP contribution is 2.07. The van der Waals surface area contributed by atoms with Gasteiger partial charge in [-0.2, -0.15) is 4.80 Å². The molecule has 0 spiro atoms. The van der Waals surface area contributed by atoms with Gasteiger partial charge in [0.2, 0.25) is 5.91 Å². The Morgan fingerprint density at radius 2 is 2.31 bits per heavy atom. The number of tetrazole rings is 1. The van der Waals surface area contributed by atoms with Crippen molar-refractivity contribution in [3.8, 4) is 0 Å². The summed E-state index contributed by atoms with van der Waals surface area (Å²) in [6.45, 7) is 4.75. The van der Waals surface area contributed by atoms with Crippen molar-refractivity contribution in [3.63, 3.8) is 0 Å². The van der Waals surface area contributed by atoms with Gasteiger partial charge in [-0.15, -0.1) is 10.2 Å². The van der Waals surface area contributed by atoms with Crippen molar-refractivity contribution in [2.24, 2.45) is 0 Å². The van der Waals surface area contributed by atoms with Crippen molar-refractivity contribution in [2.75, 3.05) is 26.7 Å². The number of amides is 1. The monoisotopic (exact) mass is 224 g/mol. The van der Waals surface area contributed by atoms with Crippen molar-refractivity contribution < 1.29 is 4.79 Å².